The molecule has 0 unspecified atom stereocenters. The lowest BCUT2D eigenvalue weighted by molar-refractivity contribution is 0.435. The third-order valence-corrected chi connectivity index (χ3v) is 3.08. The van der Waals surface area contributed by atoms with Crippen LogP contribution >= 0.6 is 22.6 Å². The summed E-state index contributed by atoms with van der Waals surface area (Å²) in [5.74, 6) is 1.31. The lowest BCUT2D eigenvalue weighted by Gasteiger charge is -2.01. The predicted octanol–water partition coefficient (Wildman–Crippen LogP) is 3.48. The molecule has 2 N–H and O–H groups in total. The van der Waals surface area contributed by atoms with Crippen molar-refractivity contribution in [3.63, 3.8) is 0 Å². The van der Waals surface area contributed by atoms with Crippen LogP contribution in [0.2, 0.25) is 0 Å². The molecule has 0 aliphatic rings. The van der Waals surface area contributed by atoms with E-state index in [0.29, 0.717) is 5.82 Å². The molecule has 0 radical (unpaired) electrons. The van der Waals surface area contributed by atoms with Gasteiger partial charge in [0.1, 0.15) is 0 Å². The standard InChI is InChI=1S/C12H13IN2O/c1-2-4-10-11(16-15-12(10)14)8-5-3-6-9(13)7-8/h3,5-7H,2,4H2,1H3,(H2,14,15). The molecule has 1 heterocycles. The van der Waals surface area contributed by atoms with E-state index in [9.17, 15) is 0 Å². The number of anilines is 1. The van der Waals surface area contributed by atoms with Crippen LogP contribution in [-0.4, -0.2) is 5.16 Å². The van der Waals surface area contributed by atoms with Crippen LogP contribution in [0.1, 0.15) is 18.9 Å². The van der Waals surface area contributed by atoms with Crippen molar-refractivity contribution >= 4 is 28.4 Å². The van der Waals surface area contributed by atoms with Gasteiger partial charge < -0.3 is 10.3 Å². The molecule has 0 atom stereocenters. The van der Waals surface area contributed by atoms with Crippen molar-refractivity contribution in [1.82, 2.24) is 5.16 Å². The van der Waals surface area contributed by atoms with Crippen molar-refractivity contribution in [3.8, 4) is 11.3 Å². The van der Waals surface area contributed by atoms with Gasteiger partial charge in [-0.2, -0.15) is 0 Å². The van der Waals surface area contributed by atoms with E-state index < -0.39 is 0 Å². The number of aromatic nitrogens is 1. The lowest BCUT2D eigenvalue weighted by atomic mass is 10.1. The molecule has 0 aliphatic carbocycles. The summed E-state index contributed by atoms with van der Waals surface area (Å²) in [6.45, 7) is 2.12. The maximum atomic E-state index is 5.80. The van der Waals surface area contributed by atoms with Crippen LogP contribution in [0.15, 0.2) is 28.8 Å². The third kappa shape index (κ3) is 2.21. The molecule has 0 amide bonds. The van der Waals surface area contributed by atoms with Gasteiger partial charge in [0.05, 0.1) is 0 Å². The summed E-state index contributed by atoms with van der Waals surface area (Å²) in [5.41, 5.74) is 7.86. The molecule has 1 aromatic heterocycles. The largest absolute Gasteiger partial charge is 0.381 e. The average Bonchev–Trinajstić information content (AvgIpc) is 2.61. The van der Waals surface area contributed by atoms with Crippen molar-refractivity contribution in [2.75, 3.05) is 5.73 Å². The van der Waals surface area contributed by atoms with E-state index in [-0.39, 0.29) is 0 Å². The van der Waals surface area contributed by atoms with Gasteiger partial charge in [0.25, 0.3) is 0 Å². The molecule has 0 fully saturated rings. The van der Waals surface area contributed by atoms with E-state index in [1.54, 1.807) is 0 Å². The van der Waals surface area contributed by atoms with Crippen molar-refractivity contribution in [2.45, 2.75) is 19.8 Å². The Morgan fingerprint density at radius 2 is 2.25 bits per heavy atom. The van der Waals surface area contributed by atoms with Crippen LogP contribution in [0, 0.1) is 3.57 Å². The summed E-state index contributed by atoms with van der Waals surface area (Å²) in [5, 5.41) is 3.84. The molecule has 4 heteroatoms. The van der Waals surface area contributed by atoms with E-state index in [2.05, 4.69) is 40.7 Å². The summed E-state index contributed by atoms with van der Waals surface area (Å²) in [7, 11) is 0. The molecule has 0 spiro atoms. The first-order chi connectivity index (χ1) is 7.72. The Hall–Kier alpha value is -1.04. The molecule has 3 nitrogen and oxygen atoms in total. The fourth-order valence-corrected chi connectivity index (χ4v) is 2.21. The molecule has 84 valence electrons. The van der Waals surface area contributed by atoms with E-state index >= 15 is 0 Å². The first-order valence-electron chi connectivity index (χ1n) is 5.22. The highest BCUT2D eigenvalue weighted by atomic mass is 127. The first kappa shape index (κ1) is 11.4. The second kappa shape index (κ2) is 4.86. The summed E-state index contributed by atoms with van der Waals surface area (Å²) in [4.78, 5) is 0. The normalized spacial score (nSPS) is 10.6. The summed E-state index contributed by atoms with van der Waals surface area (Å²) in [6.07, 6.45) is 1.93. The van der Waals surface area contributed by atoms with Crippen LogP contribution in [-0.2, 0) is 6.42 Å². The van der Waals surface area contributed by atoms with Crippen LogP contribution in [0.5, 0.6) is 0 Å². The zero-order chi connectivity index (χ0) is 11.5. The number of nitrogen functional groups attached to an aromatic ring is 1. The molecular weight excluding hydrogens is 315 g/mol. The molecule has 0 saturated heterocycles. The average molecular weight is 328 g/mol. The summed E-state index contributed by atoms with van der Waals surface area (Å²) < 4.78 is 6.48. The SMILES string of the molecule is CCCc1c(N)noc1-c1cccc(I)c1. The van der Waals surface area contributed by atoms with Crippen molar-refractivity contribution < 1.29 is 4.52 Å². The molecule has 0 bridgehead atoms. The second-order valence-electron chi connectivity index (χ2n) is 3.64. The van der Waals surface area contributed by atoms with Gasteiger partial charge in [0.2, 0.25) is 0 Å². The molecule has 2 rings (SSSR count). The smallest absolute Gasteiger partial charge is 0.172 e. The van der Waals surface area contributed by atoms with E-state index in [1.807, 2.05) is 18.2 Å². The monoisotopic (exact) mass is 328 g/mol. The Bertz CT molecular complexity index is 494. The first-order valence-corrected chi connectivity index (χ1v) is 6.30. The second-order valence-corrected chi connectivity index (χ2v) is 4.88. The fourth-order valence-electron chi connectivity index (χ4n) is 1.67. The third-order valence-electron chi connectivity index (χ3n) is 2.41. The number of hydrogen-bond acceptors (Lipinski definition) is 3. The van der Waals surface area contributed by atoms with Gasteiger partial charge in [-0.1, -0.05) is 30.6 Å². The van der Waals surface area contributed by atoms with Gasteiger partial charge in [-0.05, 0) is 41.1 Å². The quantitative estimate of drug-likeness (QED) is 0.878. The Morgan fingerprint density at radius 3 is 2.94 bits per heavy atom. The minimum absolute atomic E-state index is 0.510. The van der Waals surface area contributed by atoms with Gasteiger partial charge >= 0.3 is 0 Å². The van der Waals surface area contributed by atoms with Crippen LogP contribution in [0.4, 0.5) is 5.82 Å². The van der Waals surface area contributed by atoms with Crippen molar-refractivity contribution in [3.05, 3.63) is 33.4 Å². The Balaban J connectivity index is 2.47. The maximum absolute atomic E-state index is 5.80. The minimum atomic E-state index is 0.510. The molecule has 16 heavy (non-hydrogen) atoms. The number of rotatable bonds is 3. The predicted molar refractivity (Wildman–Crippen MR) is 73.1 cm³/mol. The zero-order valence-corrected chi connectivity index (χ0v) is 11.2. The Morgan fingerprint density at radius 1 is 1.44 bits per heavy atom. The highest BCUT2D eigenvalue weighted by Gasteiger charge is 2.14. The summed E-state index contributed by atoms with van der Waals surface area (Å²) >= 11 is 2.28. The van der Waals surface area contributed by atoms with Crippen LogP contribution < -0.4 is 5.73 Å². The molecule has 0 aliphatic heterocycles. The van der Waals surface area contributed by atoms with Gasteiger partial charge in [-0.15, -0.1) is 0 Å². The number of hydrogen-bond donors (Lipinski definition) is 1. The van der Waals surface area contributed by atoms with E-state index in [1.165, 1.54) is 3.57 Å². The topological polar surface area (TPSA) is 52.0 Å². The summed E-state index contributed by atoms with van der Waals surface area (Å²) in [6, 6.07) is 8.13. The lowest BCUT2D eigenvalue weighted by Crippen LogP contribution is -1.92. The van der Waals surface area contributed by atoms with Crippen molar-refractivity contribution in [1.29, 1.82) is 0 Å². The molecule has 0 saturated carbocycles. The zero-order valence-electron chi connectivity index (χ0n) is 9.03. The Kier molecular flexibility index (Phi) is 3.48. The van der Waals surface area contributed by atoms with Crippen LogP contribution in [0.3, 0.4) is 0 Å². The molecule has 2 aromatic rings. The highest BCUT2D eigenvalue weighted by molar-refractivity contribution is 14.1. The van der Waals surface area contributed by atoms with E-state index in [4.69, 9.17) is 10.3 Å². The van der Waals surface area contributed by atoms with Crippen LogP contribution in [0.25, 0.3) is 11.3 Å². The Labute approximate surface area is 108 Å². The molecular formula is C12H13IN2O. The highest BCUT2D eigenvalue weighted by Crippen LogP contribution is 2.29. The number of benzene rings is 1. The minimum Gasteiger partial charge on any atom is -0.381 e. The number of nitrogens with two attached hydrogens (primary N) is 1. The van der Waals surface area contributed by atoms with Gasteiger partial charge in [0.15, 0.2) is 11.6 Å². The van der Waals surface area contributed by atoms with Gasteiger partial charge in [0, 0.05) is 14.7 Å². The number of nitrogens with zero attached hydrogens (tertiary/aromatic N) is 1. The van der Waals surface area contributed by atoms with Gasteiger partial charge in [-0.25, -0.2) is 0 Å². The van der Waals surface area contributed by atoms with E-state index in [0.717, 1.165) is 29.7 Å². The van der Waals surface area contributed by atoms with Gasteiger partial charge in [-0.3, -0.25) is 0 Å². The number of halogens is 1. The maximum Gasteiger partial charge on any atom is 0.172 e. The molecule has 1 aromatic carbocycles. The van der Waals surface area contributed by atoms with Crippen molar-refractivity contribution in [2.24, 2.45) is 0 Å². The fraction of sp³-hybridized carbons (Fsp3) is 0.250.